The second-order valence-corrected chi connectivity index (χ2v) is 12.7. The van der Waals surface area contributed by atoms with Crippen molar-refractivity contribution >= 4 is 0 Å². The van der Waals surface area contributed by atoms with Gasteiger partial charge in [0.15, 0.2) is 0 Å². The average Bonchev–Trinajstić information content (AvgIpc) is 3.22. The Morgan fingerprint density at radius 3 is 1.40 bits per heavy atom. The molecule has 0 saturated carbocycles. The third-order valence-electron chi connectivity index (χ3n) is 9.15. The molecule has 1 atom stereocenters. The fourth-order valence-electron chi connectivity index (χ4n) is 6.56. The van der Waals surface area contributed by atoms with Crippen molar-refractivity contribution in [2.45, 2.75) is 18.8 Å². The summed E-state index contributed by atoms with van der Waals surface area (Å²) in [4.78, 5) is 0. The van der Waals surface area contributed by atoms with Crippen LogP contribution in [0.2, 0.25) is 0 Å². The first kappa shape index (κ1) is 37.3. The third kappa shape index (κ3) is 9.52. The van der Waals surface area contributed by atoms with Crippen LogP contribution in [0.1, 0.15) is 34.6 Å². The minimum atomic E-state index is -0.377. The summed E-state index contributed by atoms with van der Waals surface area (Å²) in [6.45, 7) is 0.300. The molecule has 7 nitrogen and oxygen atoms in total. The lowest BCUT2D eigenvalue weighted by Crippen LogP contribution is -2.12. The maximum atomic E-state index is 9.82. The molecule has 53 heavy (non-hydrogen) atoms. The zero-order valence-corrected chi connectivity index (χ0v) is 29.7. The number of benzene rings is 6. The Labute approximate surface area is 311 Å². The van der Waals surface area contributed by atoms with Gasteiger partial charge >= 0.3 is 0 Å². The summed E-state index contributed by atoms with van der Waals surface area (Å²) >= 11 is 0. The van der Waals surface area contributed by atoms with Crippen LogP contribution in [0.4, 0.5) is 0 Å². The number of aliphatic hydroxyl groups is 4. The van der Waals surface area contributed by atoms with Crippen molar-refractivity contribution < 1.29 is 34.6 Å². The Morgan fingerprint density at radius 2 is 0.868 bits per heavy atom. The topological polar surface area (TPSA) is 109 Å². The van der Waals surface area contributed by atoms with Crippen molar-refractivity contribution in [3.63, 3.8) is 0 Å². The number of hydrogen-bond donors (Lipinski definition) is 4. The SMILES string of the molecule is OCCCc1ccc(-c2ccc(OCCO)c(C(c3ccc(-c4ccccc4)cc3)c3cc(-c4ccc(OCCO)cc4)ccc3OCCO)c2)cc1. The average molecular weight is 711 g/mol. The normalized spacial score (nSPS) is 11.6. The van der Waals surface area contributed by atoms with Gasteiger partial charge in [-0.1, -0.05) is 103 Å². The molecular formula is C46H46O7. The maximum Gasteiger partial charge on any atom is 0.123 e. The largest absolute Gasteiger partial charge is 0.491 e. The highest BCUT2D eigenvalue weighted by molar-refractivity contribution is 5.72. The monoisotopic (exact) mass is 710 g/mol. The highest BCUT2D eigenvalue weighted by Crippen LogP contribution is 2.44. The highest BCUT2D eigenvalue weighted by atomic mass is 16.5. The van der Waals surface area contributed by atoms with E-state index in [1.54, 1.807) is 0 Å². The van der Waals surface area contributed by atoms with Gasteiger partial charge in [-0.15, -0.1) is 0 Å². The molecule has 0 radical (unpaired) electrons. The predicted octanol–water partition coefficient (Wildman–Crippen LogP) is 7.91. The lowest BCUT2D eigenvalue weighted by atomic mass is 9.81. The summed E-state index contributed by atoms with van der Waals surface area (Å²) in [5, 5.41) is 38.1. The van der Waals surface area contributed by atoms with E-state index in [0.29, 0.717) is 23.7 Å². The summed E-state index contributed by atoms with van der Waals surface area (Å²) in [6.07, 6.45) is 1.52. The molecule has 4 N–H and O–H groups in total. The van der Waals surface area contributed by atoms with Gasteiger partial charge in [0.25, 0.3) is 0 Å². The first-order valence-electron chi connectivity index (χ1n) is 18.1. The van der Waals surface area contributed by atoms with Gasteiger partial charge in [0, 0.05) is 23.7 Å². The summed E-state index contributed by atoms with van der Waals surface area (Å²) in [6, 6.07) is 47.2. The van der Waals surface area contributed by atoms with Gasteiger partial charge in [-0.3, -0.25) is 0 Å². The summed E-state index contributed by atoms with van der Waals surface area (Å²) in [5.74, 6) is 1.57. The molecule has 6 aromatic carbocycles. The predicted molar refractivity (Wildman–Crippen MR) is 210 cm³/mol. The van der Waals surface area contributed by atoms with E-state index in [2.05, 4.69) is 72.8 Å². The van der Waals surface area contributed by atoms with Crippen molar-refractivity contribution in [3.05, 3.63) is 162 Å². The molecule has 0 saturated heterocycles. The molecule has 0 spiro atoms. The van der Waals surface area contributed by atoms with E-state index in [0.717, 1.165) is 62.1 Å². The van der Waals surface area contributed by atoms with Crippen molar-refractivity contribution in [2.75, 3.05) is 46.2 Å². The Hall–Kier alpha value is -5.44. The van der Waals surface area contributed by atoms with Crippen molar-refractivity contribution in [2.24, 2.45) is 0 Å². The number of aliphatic hydroxyl groups excluding tert-OH is 4. The van der Waals surface area contributed by atoms with Crippen LogP contribution in [0.5, 0.6) is 17.2 Å². The molecule has 0 aliphatic carbocycles. The van der Waals surface area contributed by atoms with Crippen LogP contribution in [-0.2, 0) is 6.42 Å². The molecule has 0 aliphatic rings. The Balaban J connectivity index is 1.53. The molecule has 1 unspecified atom stereocenters. The fourth-order valence-corrected chi connectivity index (χ4v) is 6.56. The quantitative estimate of drug-likeness (QED) is 0.0672. The van der Waals surface area contributed by atoms with Gasteiger partial charge in [-0.05, 0) is 93.7 Å². The summed E-state index contributed by atoms with van der Waals surface area (Å²) in [5.41, 5.74) is 10.1. The van der Waals surface area contributed by atoms with Crippen molar-refractivity contribution in [3.8, 4) is 50.6 Å². The molecule has 0 bridgehead atoms. The molecule has 0 amide bonds. The van der Waals surface area contributed by atoms with Gasteiger partial charge < -0.3 is 34.6 Å². The number of hydrogen-bond acceptors (Lipinski definition) is 7. The maximum absolute atomic E-state index is 9.82. The summed E-state index contributed by atoms with van der Waals surface area (Å²) < 4.78 is 18.1. The number of aryl methyl sites for hydroxylation is 1. The molecule has 272 valence electrons. The van der Waals surface area contributed by atoms with Crippen LogP contribution in [0.3, 0.4) is 0 Å². The molecule has 7 heteroatoms. The van der Waals surface area contributed by atoms with Crippen LogP contribution >= 0.6 is 0 Å². The van der Waals surface area contributed by atoms with E-state index in [9.17, 15) is 20.4 Å². The minimum absolute atomic E-state index is 0.0602. The third-order valence-corrected chi connectivity index (χ3v) is 9.15. The fraction of sp³-hybridized carbons (Fsp3) is 0.217. The Morgan fingerprint density at radius 1 is 0.415 bits per heavy atom. The first-order valence-corrected chi connectivity index (χ1v) is 18.1. The number of rotatable bonds is 18. The molecule has 0 heterocycles. The van der Waals surface area contributed by atoms with Gasteiger partial charge in [-0.2, -0.15) is 0 Å². The van der Waals surface area contributed by atoms with E-state index in [1.807, 2.05) is 66.7 Å². The standard InChI is InChI=1S/C46H46O7/c47-24-4-5-33-8-10-36(11-9-33)39-18-22-44(52-29-26-49)42(31-39)46(38-14-12-35(13-15-38)34-6-2-1-3-7-34)43-32-40(19-23-45(43)53-30-27-50)37-16-20-41(21-17-37)51-28-25-48/h1-3,6-23,31-32,46-50H,4-5,24-30H2. The highest BCUT2D eigenvalue weighted by Gasteiger charge is 2.26. The van der Waals surface area contributed by atoms with Crippen molar-refractivity contribution in [1.82, 2.24) is 0 Å². The smallest absolute Gasteiger partial charge is 0.123 e. The zero-order chi connectivity index (χ0) is 36.8. The van der Waals surface area contributed by atoms with Crippen LogP contribution < -0.4 is 14.2 Å². The van der Waals surface area contributed by atoms with Crippen LogP contribution in [0, 0.1) is 0 Å². The van der Waals surface area contributed by atoms with Crippen LogP contribution in [0.15, 0.2) is 140 Å². The summed E-state index contributed by atoms with van der Waals surface area (Å²) in [7, 11) is 0. The van der Waals surface area contributed by atoms with E-state index < -0.39 is 0 Å². The second kappa shape index (κ2) is 18.9. The second-order valence-electron chi connectivity index (χ2n) is 12.7. The Bertz CT molecular complexity index is 1900. The van der Waals surface area contributed by atoms with Gasteiger partial charge in [0.1, 0.15) is 37.1 Å². The molecule has 0 aromatic heterocycles. The van der Waals surface area contributed by atoms with Crippen LogP contribution in [-0.4, -0.2) is 66.7 Å². The van der Waals surface area contributed by atoms with Gasteiger partial charge in [0.2, 0.25) is 0 Å². The molecule has 6 rings (SSSR count). The molecule has 0 aliphatic heterocycles. The van der Waals surface area contributed by atoms with E-state index in [1.165, 1.54) is 0 Å². The zero-order valence-electron chi connectivity index (χ0n) is 29.7. The lowest BCUT2D eigenvalue weighted by Gasteiger charge is -2.26. The molecule has 6 aromatic rings. The van der Waals surface area contributed by atoms with Crippen LogP contribution in [0.25, 0.3) is 33.4 Å². The van der Waals surface area contributed by atoms with Gasteiger partial charge in [-0.25, -0.2) is 0 Å². The molecular weight excluding hydrogens is 664 g/mol. The lowest BCUT2D eigenvalue weighted by molar-refractivity contribution is 0.198. The Kier molecular flexibility index (Phi) is 13.3. The van der Waals surface area contributed by atoms with E-state index in [-0.39, 0.29) is 52.2 Å². The molecule has 0 fully saturated rings. The van der Waals surface area contributed by atoms with E-state index in [4.69, 9.17) is 14.2 Å². The van der Waals surface area contributed by atoms with E-state index >= 15 is 0 Å². The number of ether oxygens (including phenoxy) is 3. The van der Waals surface area contributed by atoms with Gasteiger partial charge in [0.05, 0.1) is 19.8 Å². The van der Waals surface area contributed by atoms with Crippen molar-refractivity contribution in [1.29, 1.82) is 0 Å². The minimum Gasteiger partial charge on any atom is -0.491 e. The first-order chi connectivity index (χ1) is 26.1.